The Bertz CT molecular complexity index is 835. The van der Waals surface area contributed by atoms with Crippen LogP contribution in [0, 0.1) is 0 Å². The summed E-state index contributed by atoms with van der Waals surface area (Å²) in [5, 5.41) is 13.3. The number of H-pyrrole nitrogens is 1. The minimum Gasteiger partial charge on any atom is -0.288 e. The van der Waals surface area contributed by atoms with Crippen molar-refractivity contribution < 1.29 is 18.0 Å². The van der Waals surface area contributed by atoms with E-state index in [-0.39, 0.29) is 5.69 Å². The minimum absolute atomic E-state index is 0.173. The number of carbonyl (C=O) groups excluding carboxylic acids is 1. The standard InChI is InChI=1S/C12H9F3N6OS/c1-21-7(5-6(20-21)8-3-2-4-23-8)9(22)16-11-17-10(18-19-11)12(13,14)15/h2-5H,1H3,(H2,16,17,18,19,22). The molecule has 23 heavy (non-hydrogen) atoms. The van der Waals surface area contributed by atoms with Crippen LogP contribution in [0.2, 0.25) is 0 Å². The quantitative estimate of drug-likeness (QED) is 0.765. The lowest BCUT2D eigenvalue weighted by Gasteiger charge is -2.01. The Balaban J connectivity index is 1.80. The van der Waals surface area contributed by atoms with Gasteiger partial charge in [0.2, 0.25) is 11.8 Å². The number of nitrogens with zero attached hydrogens (tertiary/aromatic N) is 4. The molecule has 3 aromatic rings. The average molecular weight is 342 g/mol. The first kappa shape index (κ1) is 15.2. The van der Waals surface area contributed by atoms with Crippen molar-refractivity contribution in [2.75, 3.05) is 5.32 Å². The first-order chi connectivity index (χ1) is 10.8. The Hall–Kier alpha value is -2.69. The molecule has 0 radical (unpaired) electrons. The van der Waals surface area contributed by atoms with Crippen molar-refractivity contribution >= 4 is 23.2 Å². The van der Waals surface area contributed by atoms with E-state index in [1.165, 1.54) is 16.0 Å². The number of rotatable bonds is 3. The molecule has 0 aromatic carbocycles. The topological polar surface area (TPSA) is 88.5 Å². The van der Waals surface area contributed by atoms with Crippen molar-refractivity contribution in [1.29, 1.82) is 0 Å². The number of hydrogen-bond acceptors (Lipinski definition) is 5. The van der Waals surface area contributed by atoms with E-state index in [0.29, 0.717) is 5.69 Å². The summed E-state index contributed by atoms with van der Waals surface area (Å²) >= 11 is 1.46. The number of aryl methyl sites for hydroxylation is 1. The number of hydrogen-bond donors (Lipinski definition) is 2. The van der Waals surface area contributed by atoms with Crippen LogP contribution in [-0.4, -0.2) is 30.9 Å². The second-order valence-electron chi connectivity index (χ2n) is 4.48. The molecule has 0 unspecified atom stereocenters. The Morgan fingerprint density at radius 1 is 1.43 bits per heavy atom. The van der Waals surface area contributed by atoms with Crippen LogP contribution in [0.1, 0.15) is 16.3 Å². The van der Waals surface area contributed by atoms with Gasteiger partial charge < -0.3 is 0 Å². The second-order valence-corrected chi connectivity index (χ2v) is 5.42. The van der Waals surface area contributed by atoms with Crippen LogP contribution < -0.4 is 5.32 Å². The lowest BCUT2D eigenvalue weighted by molar-refractivity contribution is -0.144. The Morgan fingerprint density at radius 2 is 2.22 bits per heavy atom. The number of halogens is 3. The normalized spacial score (nSPS) is 11.7. The van der Waals surface area contributed by atoms with Crippen LogP contribution in [0.25, 0.3) is 10.6 Å². The Labute approximate surface area is 131 Å². The van der Waals surface area contributed by atoms with Crippen molar-refractivity contribution in [3.63, 3.8) is 0 Å². The van der Waals surface area contributed by atoms with Gasteiger partial charge in [-0.2, -0.15) is 23.3 Å². The van der Waals surface area contributed by atoms with Crippen molar-refractivity contribution in [1.82, 2.24) is 25.0 Å². The fourth-order valence-electron chi connectivity index (χ4n) is 1.83. The van der Waals surface area contributed by atoms with Crippen LogP contribution in [-0.2, 0) is 13.2 Å². The average Bonchev–Trinajstić information content (AvgIpc) is 3.15. The lowest BCUT2D eigenvalue weighted by Crippen LogP contribution is -2.17. The zero-order chi connectivity index (χ0) is 16.6. The van der Waals surface area contributed by atoms with E-state index in [1.54, 1.807) is 18.2 Å². The first-order valence-electron chi connectivity index (χ1n) is 6.23. The molecule has 0 aliphatic heterocycles. The van der Waals surface area contributed by atoms with Gasteiger partial charge in [0, 0.05) is 7.05 Å². The number of anilines is 1. The summed E-state index contributed by atoms with van der Waals surface area (Å²) in [6.07, 6.45) is -4.66. The molecular formula is C12H9F3N6OS. The number of aromatic amines is 1. The molecule has 0 aliphatic carbocycles. The molecule has 3 aromatic heterocycles. The summed E-state index contributed by atoms with van der Waals surface area (Å²) in [5.41, 5.74) is 0.769. The summed E-state index contributed by atoms with van der Waals surface area (Å²) in [4.78, 5) is 16.2. The predicted molar refractivity (Wildman–Crippen MR) is 75.9 cm³/mol. The highest BCUT2D eigenvalue weighted by Gasteiger charge is 2.35. The molecule has 7 nitrogen and oxygen atoms in total. The van der Waals surface area contributed by atoms with Crippen LogP contribution in [0.3, 0.4) is 0 Å². The monoisotopic (exact) mass is 342 g/mol. The van der Waals surface area contributed by atoms with E-state index >= 15 is 0 Å². The van der Waals surface area contributed by atoms with Gasteiger partial charge in [0.25, 0.3) is 5.91 Å². The third kappa shape index (κ3) is 3.08. The number of alkyl halides is 3. The van der Waals surface area contributed by atoms with Crippen LogP contribution in [0.4, 0.5) is 19.1 Å². The number of thiophene rings is 1. The van der Waals surface area contributed by atoms with Gasteiger partial charge in [-0.3, -0.25) is 19.9 Å². The van der Waals surface area contributed by atoms with Gasteiger partial charge in [0.15, 0.2) is 0 Å². The smallest absolute Gasteiger partial charge is 0.288 e. The van der Waals surface area contributed by atoms with E-state index in [9.17, 15) is 18.0 Å². The molecular weight excluding hydrogens is 333 g/mol. The molecule has 120 valence electrons. The summed E-state index contributed by atoms with van der Waals surface area (Å²) in [5.74, 6) is -2.39. The van der Waals surface area contributed by atoms with E-state index in [2.05, 4.69) is 20.5 Å². The van der Waals surface area contributed by atoms with E-state index in [0.717, 1.165) is 4.88 Å². The molecule has 0 atom stereocenters. The number of aromatic nitrogens is 5. The molecule has 3 heterocycles. The Kier molecular flexibility index (Phi) is 3.64. The lowest BCUT2D eigenvalue weighted by atomic mass is 10.3. The van der Waals surface area contributed by atoms with E-state index in [4.69, 9.17) is 0 Å². The van der Waals surface area contributed by atoms with E-state index < -0.39 is 23.9 Å². The van der Waals surface area contributed by atoms with Crippen LogP contribution >= 0.6 is 11.3 Å². The largest absolute Gasteiger partial charge is 0.451 e. The fraction of sp³-hybridized carbons (Fsp3) is 0.167. The molecule has 0 saturated heterocycles. The second kappa shape index (κ2) is 5.50. The fourth-order valence-corrected chi connectivity index (χ4v) is 2.52. The molecule has 2 N–H and O–H groups in total. The molecule has 0 spiro atoms. The molecule has 0 bridgehead atoms. The molecule has 0 fully saturated rings. The summed E-state index contributed by atoms with van der Waals surface area (Å²) in [7, 11) is 1.56. The molecule has 0 aliphatic rings. The van der Waals surface area contributed by atoms with E-state index in [1.807, 2.05) is 17.5 Å². The molecule has 0 saturated carbocycles. The van der Waals surface area contributed by atoms with Gasteiger partial charge in [0.05, 0.1) is 4.88 Å². The minimum atomic E-state index is -4.66. The number of nitrogens with one attached hydrogen (secondary N) is 2. The predicted octanol–water partition coefficient (Wildman–Crippen LogP) is 2.54. The van der Waals surface area contributed by atoms with Gasteiger partial charge in [-0.1, -0.05) is 6.07 Å². The number of amides is 1. The third-order valence-electron chi connectivity index (χ3n) is 2.87. The SMILES string of the molecule is Cn1nc(-c2cccs2)cc1C(=O)Nc1n[nH]c(C(F)(F)F)n1. The van der Waals surface area contributed by atoms with Crippen molar-refractivity contribution in [2.45, 2.75) is 6.18 Å². The van der Waals surface area contributed by atoms with Gasteiger partial charge in [-0.15, -0.1) is 16.4 Å². The highest BCUT2D eigenvalue weighted by Crippen LogP contribution is 2.27. The van der Waals surface area contributed by atoms with Gasteiger partial charge >= 0.3 is 6.18 Å². The maximum Gasteiger partial charge on any atom is 0.451 e. The zero-order valence-corrected chi connectivity index (χ0v) is 12.4. The summed E-state index contributed by atoms with van der Waals surface area (Å²) in [6.45, 7) is 0. The highest BCUT2D eigenvalue weighted by molar-refractivity contribution is 7.13. The van der Waals surface area contributed by atoms with Crippen LogP contribution in [0.5, 0.6) is 0 Å². The summed E-state index contributed by atoms with van der Waals surface area (Å²) < 4.78 is 38.6. The maximum atomic E-state index is 12.4. The molecule has 11 heteroatoms. The molecule has 3 rings (SSSR count). The maximum absolute atomic E-state index is 12.4. The Morgan fingerprint density at radius 3 is 2.83 bits per heavy atom. The molecule has 1 amide bonds. The highest BCUT2D eigenvalue weighted by atomic mass is 32.1. The van der Waals surface area contributed by atoms with Crippen LogP contribution in [0.15, 0.2) is 23.6 Å². The first-order valence-corrected chi connectivity index (χ1v) is 7.11. The van der Waals surface area contributed by atoms with Crippen molar-refractivity contribution in [3.8, 4) is 10.6 Å². The zero-order valence-electron chi connectivity index (χ0n) is 11.5. The van der Waals surface area contributed by atoms with Crippen molar-refractivity contribution in [2.24, 2.45) is 7.05 Å². The van der Waals surface area contributed by atoms with Crippen molar-refractivity contribution in [3.05, 3.63) is 35.1 Å². The third-order valence-corrected chi connectivity index (χ3v) is 3.76. The van der Waals surface area contributed by atoms with Gasteiger partial charge in [-0.05, 0) is 17.5 Å². The van der Waals surface area contributed by atoms with Gasteiger partial charge in [0.1, 0.15) is 11.4 Å². The number of carbonyl (C=O) groups is 1. The summed E-state index contributed by atoms with van der Waals surface area (Å²) in [6, 6.07) is 5.23. The van der Waals surface area contributed by atoms with Gasteiger partial charge in [-0.25, -0.2) is 0 Å².